The van der Waals surface area contributed by atoms with E-state index in [-0.39, 0.29) is 11.8 Å². The molecule has 1 spiro atoms. The van der Waals surface area contributed by atoms with Crippen LogP contribution in [0.5, 0.6) is 0 Å². The van der Waals surface area contributed by atoms with Gasteiger partial charge >= 0.3 is 11.9 Å². The lowest BCUT2D eigenvalue weighted by Crippen LogP contribution is -2.71. The van der Waals surface area contributed by atoms with Crippen LogP contribution in [0.4, 0.5) is 0 Å². The molecule has 1 N–H and O–H groups in total. The molecule has 1 heterocycles. The zero-order chi connectivity index (χ0) is 23.3. The maximum absolute atomic E-state index is 12.9. The van der Waals surface area contributed by atoms with Crippen LogP contribution in [-0.4, -0.2) is 46.6 Å². The zero-order valence-corrected chi connectivity index (χ0v) is 19.5. The Bertz CT molecular complexity index is 908. The van der Waals surface area contributed by atoms with Crippen LogP contribution in [0.15, 0.2) is 36.4 Å². The summed E-state index contributed by atoms with van der Waals surface area (Å²) in [5.74, 6) is -0.709. The molecule has 3 aliphatic rings. The summed E-state index contributed by atoms with van der Waals surface area (Å²) < 4.78 is 18.5. The van der Waals surface area contributed by atoms with E-state index in [1.54, 1.807) is 6.08 Å². The van der Waals surface area contributed by atoms with Gasteiger partial charge in [0.05, 0.1) is 22.7 Å². The van der Waals surface area contributed by atoms with Gasteiger partial charge in [0.2, 0.25) is 0 Å². The van der Waals surface area contributed by atoms with Crippen molar-refractivity contribution in [2.45, 2.75) is 83.4 Å². The Morgan fingerprint density at radius 3 is 2.47 bits per heavy atom. The number of ether oxygens (including phenoxy) is 3. The summed E-state index contributed by atoms with van der Waals surface area (Å²) in [6.45, 7) is 9.52. The van der Waals surface area contributed by atoms with Crippen LogP contribution < -0.4 is 0 Å². The molecule has 6 nitrogen and oxygen atoms in total. The van der Waals surface area contributed by atoms with Gasteiger partial charge in [-0.15, -0.1) is 0 Å². The molecule has 0 aromatic heterocycles. The minimum Gasteiger partial charge on any atom is -0.459 e. The number of aliphatic hydroxyl groups excluding tert-OH is 1. The molecule has 2 bridgehead atoms. The summed E-state index contributed by atoms with van der Waals surface area (Å²) >= 11 is 0. The molecule has 1 aromatic rings. The average Bonchev–Trinajstić information content (AvgIpc) is 2.97. The Morgan fingerprint density at radius 2 is 1.81 bits per heavy atom. The fourth-order valence-corrected chi connectivity index (χ4v) is 6.47. The lowest BCUT2D eigenvalue weighted by Gasteiger charge is -2.61. The number of rotatable bonds is 4. The van der Waals surface area contributed by atoms with Gasteiger partial charge in [0, 0.05) is 13.0 Å². The minimum atomic E-state index is -0.879. The maximum atomic E-state index is 12.9. The molecular weight excluding hydrogens is 408 g/mol. The first kappa shape index (κ1) is 23.0. The summed E-state index contributed by atoms with van der Waals surface area (Å²) in [7, 11) is 0. The fraction of sp³-hybridized carbons (Fsp3) is 0.615. The van der Waals surface area contributed by atoms with Crippen LogP contribution in [-0.2, 0) is 23.8 Å². The molecule has 32 heavy (non-hydrogen) atoms. The van der Waals surface area contributed by atoms with Gasteiger partial charge in [-0.25, -0.2) is 4.79 Å². The first-order chi connectivity index (χ1) is 15.0. The van der Waals surface area contributed by atoms with Crippen molar-refractivity contribution in [2.75, 3.05) is 0 Å². The molecule has 1 aliphatic heterocycles. The van der Waals surface area contributed by atoms with Crippen LogP contribution >= 0.6 is 0 Å². The molecule has 4 rings (SSSR count). The number of carbonyl (C=O) groups excluding carboxylic acids is 2. The lowest BCUT2D eigenvalue weighted by atomic mass is 9.49. The molecule has 1 aromatic carbocycles. The van der Waals surface area contributed by atoms with Gasteiger partial charge in [-0.1, -0.05) is 37.3 Å². The van der Waals surface area contributed by atoms with E-state index >= 15 is 0 Å². The number of fused-ring (bicyclic) bond motifs is 1. The summed E-state index contributed by atoms with van der Waals surface area (Å²) in [5.41, 5.74) is -1.04. The molecule has 0 unspecified atom stereocenters. The molecule has 174 valence electrons. The van der Waals surface area contributed by atoms with Crippen LogP contribution in [0.3, 0.4) is 0 Å². The first-order valence-corrected chi connectivity index (χ1v) is 11.5. The average molecular weight is 443 g/mol. The Labute approximate surface area is 189 Å². The minimum absolute atomic E-state index is 0.0138. The molecule has 0 amide bonds. The number of benzene rings is 1. The van der Waals surface area contributed by atoms with Crippen molar-refractivity contribution in [2.24, 2.45) is 17.3 Å². The number of aliphatic hydroxyl groups is 1. The first-order valence-electron chi connectivity index (χ1n) is 11.5. The SMILES string of the molecule is CC(=O)O[C@H]1[C@@H](O)C[C@@H](C)[C@@]23C[C@@H](C[C@H](OC(=O)/C=C/c4ccccc4)[C@]12C)C(C)(C)O3. The van der Waals surface area contributed by atoms with Crippen LogP contribution in [0.1, 0.15) is 59.4 Å². The third-order valence-corrected chi connectivity index (χ3v) is 8.15. The fourth-order valence-electron chi connectivity index (χ4n) is 6.47. The number of carbonyl (C=O) groups is 2. The lowest BCUT2D eigenvalue weighted by molar-refractivity contribution is -0.282. The molecule has 3 fully saturated rings. The summed E-state index contributed by atoms with van der Waals surface area (Å²) in [5, 5.41) is 11.0. The van der Waals surface area contributed by atoms with E-state index in [0.717, 1.165) is 12.0 Å². The topological polar surface area (TPSA) is 82.1 Å². The number of hydrogen-bond acceptors (Lipinski definition) is 6. The van der Waals surface area contributed by atoms with Gasteiger partial charge in [-0.05, 0) is 63.5 Å². The van der Waals surface area contributed by atoms with Gasteiger partial charge in [0.15, 0.2) is 0 Å². The largest absolute Gasteiger partial charge is 0.459 e. The second-order valence-electron chi connectivity index (χ2n) is 10.4. The van der Waals surface area contributed by atoms with Crippen molar-refractivity contribution >= 4 is 18.0 Å². The Hall–Kier alpha value is -2.18. The van der Waals surface area contributed by atoms with Crippen molar-refractivity contribution in [1.82, 2.24) is 0 Å². The number of hydrogen-bond donors (Lipinski definition) is 1. The molecule has 6 heteroatoms. The highest BCUT2D eigenvalue weighted by Gasteiger charge is 2.74. The monoisotopic (exact) mass is 442 g/mol. The predicted molar refractivity (Wildman–Crippen MR) is 119 cm³/mol. The van der Waals surface area contributed by atoms with Crippen molar-refractivity contribution < 1.29 is 28.9 Å². The van der Waals surface area contributed by atoms with Gasteiger partial charge in [-0.2, -0.15) is 0 Å². The number of esters is 2. The summed E-state index contributed by atoms with van der Waals surface area (Å²) in [6.07, 6.45) is 2.76. The second-order valence-corrected chi connectivity index (χ2v) is 10.4. The third kappa shape index (κ3) is 3.57. The standard InChI is InChI=1S/C26H34O6/c1-16-13-20(28)23(30-17(2)27)25(5)21(14-19-15-26(16,25)32-24(19,3)4)31-22(29)12-11-18-9-7-6-8-10-18/h6-12,16,19-21,23,28H,13-15H2,1-5H3/b12-11+/t16-,19-,20+,21+,23+,25-,26+/m1/s1. The maximum Gasteiger partial charge on any atom is 0.331 e. The second kappa shape index (κ2) is 7.99. The zero-order valence-electron chi connectivity index (χ0n) is 19.5. The molecule has 2 saturated carbocycles. The van der Waals surface area contributed by atoms with Crippen molar-refractivity contribution in [3.63, 3.8) is 0 Å². The quantitative estimate of drug-likeness (QED) is 0.562. The van der Waals surface area contributed by atoms with E-state index in [1.807, 2.05) is 37.3 Å². The van der Waals surface area contributed by atoms with Crippen molar-refractivity contribution in [3.05, 3.63) is 42.0 Å². The van der Waals surface area contributed by atoms with E-state index in [1.165, 1.54) is 13.0 Å². The van der Waals surface area contributed by atoms with Gasteiger partial charge in [0.1, 0.15) is 12.2 Å². The highest BCUT2D eigenvalue weighted by molar-refractivity contribution is 5.87. The van der Waals surface area contributed by atoms with Crippen molar-refractivity contribution in [3.8, 4) is 0 Å². The van der Waals surface area contributed by atoms with Gasteiger partial charge in [-0.3, -0.25) is 4.79 Å². The third-order valence-electron chi connectivity index (χ3n) is 8.15. The Morgan fingerprint density at radius 1 is 1.12 bits per heavy atom. The summed E-state index contributed by atoms with van der Waals surface area (Å²) in [6, 6.07) is 9.55. The van der Waals surface area contributed by atoms with E-state index in [9.17, 15) is 14.7 Å². The summed E-state index contributed by atoms with van der Waals surface area (Å²) in [4.78, 5) is 24.8. The molecule has 0 radical (unpaired) electrons. The van der Waals surface area contributed by atoms with E-state index in [4.69, 9.17) is 14.2 Å². The molecule has 2 aliphatic carbocycles. The van der Waals surface area contributed by atoms with Gasteiger partial charge in [0.25, 0.3) is 0 Å². The Balaban J connectivity index is 1.70. The molecule has 1 saturated heterocycles. The van der Waals surface area contributed by atoms with E-state index in [2.05, 4.69) is 20.8 Å². The highest BCUT2D eigenvalue weighted by Crippen LogP contribution is 2.66. The van der Waals surface area contributed by atoms with E-state index in [0.29, 0.717) is 12.8 Å². The van der Waals surface area contributed by atoms with Crippen molar-refractivity contribution in [1.29, 1.82) is 0 Å². The molecule has 7 atom stereocenters. The van der Waals surface area contributed by atoms with E-state index < -0.39 is 46.9 Å². The predicted octanol–water partition coefficient (Wildman–Crippen LogP) is 3.91. The van der Waals surface area contributed by atoms with Gasteiger partial charge < -0.3 is 19.3 Å². The van der Waals surface area contributed by atoms with Crippen LogP contribution in [0.2, 0.25) is 0 Å². The highest BCUT2D eigenvalue weighted by atomic mass is 16.6. The smallest absolute Gasteiger partial charge is 0.331 e. The normalized spacial score (nSPS) is 40.0. The van der Waals surface area contributed by atoms with Crippen LogP contribution in [0, 0.1) is 17.3 Å². The Kier molecular flexibility index (Phi) is 5.74. The molecular formula is C26H34O6. The van der Waals surface area contributed by atoms with Crippen LogP contribution in [0.25, 0.3) is 6.08 Å².